The Bertz CT molecular complexity index is 665. The van der Waals surface area contributed by atoms with Gasteiger partial charge in [-0.2, -0.15) is 0 Å². The molecule has 1 heterocycles. The lowest BCUT2D eigenvalue weighted by Gasteiger charge is -2.12. The first-order chi connectivity index (χ1) is 10.5. The van der Waals surface area contributed by atoms with Crippen molar-refractivity contribution in [2.24, 2.45) is 0 Å². The van der Waals surface area contributed by atoms with E-state index in [0.29, 0.717) is 10.7 Å². The molecule has 0 saturated carbocycles. The Morgan fingerprint density at radius 2 is 2.00 bits per heavy atom. The zero-order chi connectivity index (χ0) is 15.9. The van der Waals surface area contributed by atoms with Gasteiger partial charge in [0.05, 0.1) is 0 Å². The van der Waals surface area contributed by atoms with Gasteiger partial charge in [0.15, 0.2) is 6.10 Å². The van der Waals surface area contributed by atoms with Gasteiger partial charge in [-0.05, 0) is 48.7 Å². The Kier molecular flexibility index (Phi) is 5.75. The van der Waals surface area contributed by atoms with Gasteiger partial charge in [-0.15, -0.1) is 11.3 Å². The summed E-state index contributed by atoms with van der Waals surface area (Å²) in [4.78, 5) is 24.5. The Balaban J connectivity index is 1.85. The number of halogens is 1. The monoisotopic (exact) mass is 335 g/mol. The normalized spacial score (nSPS) is 12.1. The molecule has 22 heavy (non-hydrogen) atoms. The van der Waals surface area contributed by atoms with Gasteiger partial charge in [0.1, 0.15) is 0 Å². The highest BCUT2D eigenvalue weighted by Crippen LogP contribution is 2.14. The van der Waals surface area contributed by atoms with Gasteiger partial charge in [-0.1, -0.05) is 17.7 Å². The SMILES string of the molecule is C[C@@H](OC(=O)/C=C/c1cccs1)C(=O)Nc1ccc(Cl)cc1. The summed E-state index contributed by atoms with van der Waals surface area (Å²) in [5.74, 6) is -0.965. The molecule has 0 aliphatic heterocycles. The zero-order valence-corrected chi connectivity index (χ0v) is 13.4. The molecule has 0 aliphatic carbocycles. The molecule has 1 N–H and O–H groups in total. The fraction of sp³-hybridized carbons (Fsp3) is 0.125. The van der Waals surface area contributed by atoms with Crippen LogP contribution in [-0.4, -0.2) is 18.0 Å². The molecule has 0 spiro atoms. The zero-order valence-electron chi connectivity index (χ0n) is 11.8. The van der Waals surface area contributed by atoms with E-state index in [1.165, 1.54) is 24.3 Å². The van der Waals surface area contributed by atoms with Gasteiger partial charge in [0.2, 0.25) is 0 Å². The molecular formula is C16H14ClNO3S. The Morgan fingerprint density at radius 1 is 1.27 bits per heavy atom. The average molecular weight is 336 g/mol. The Hall–Kier alpha value is -2.11. The van der Waals surface area contributed by atoms with Crippen LogP contribution in [0.15, 0.2) is 47.9 Å². The molecule has 6 heteroatoms. The maximum atomic E-state index is 11.9. The van der Waals surface area contributed by atoms with Crippen molar-refractivity contribution in [3.05, 3.63) is 57.8 Å². The number of thiophene rings is 1. The van der Waals surface area contributed by atoms with E-state index in [9.17, 15) is 9.59 Å². The van der Waals surface area contributed by atoms with E-state index in [2.05, 4.69) is 5.32 Å². The number of rotatable bonds is 5. The van der Waals surface area contributed by atoms with E-state index in [-0.39, 0.29) is 0 Å². The molecule has 4 nitrogen and oxygen atoms in total. The van der Waals surface area contributed by atoms with Crippen LogP contribution >= 0.6 is 22.9 Å². The molecule has 2 aromatic rings. The van der Waals surface area contributed by atoms with E-state index in [1.54, 1.807) is 30.3 Å². The molecule has 2 rings (SSSR count). The quantitative estimate of drug-likeness (QED) is 0.664. The summed E-state index contributed by atoms with van der Waals surface area (Å²) in [7, 11) is 0. The van der Waals surface area contributed by atoms with Crippen molar-refractivity contribution in [1.82, 2.24) is 0 Å². The molecule has 1 amide bonds. The number of amides is 1. The van der Waals surface area contributed by atoms with E-state index in [1.807, 2.05) is 17.5 Å². The molecule has 1 aromatic heterocycles. The molecule has 1 aromatic carbocycles. The number of esters is 1. The maximum absolute atomic E-state index is 11.9. The molecule has 0 fully saturated rings. The van der Waals surface area contributed by atoms with Gasteiger partial charge in [0, 0.05) is 21.7 Å². The molecular weight excluding hydrogens is 322 g/mol. The predicted molar refractivity (Wildman–Crippen MR) is 89.0 cm³/mol. The Labute approximate surface area is 137 Å². The van der Waals surface area contributed by atoms with Crippen LogP contribution in [0.5, 0.6) is 0 Å². The van der Waals surface area contributed by atoms with E-state index >= 15 is 0 Å². The van der Waals surface area contributed by atoms with Crippen molar-refractivity contribution in [3.63, 3.8) is 0 Å². The number of anilines is 1. The topological polar surface area (TPSA) is 55.4 Å². The standard InChI is InChI=1S/C16H14ClNO3S/c1-11(16(20)18-13-6-4-12(17)5-7-13)21-15(19)9-8-14-3-2-10-22-14/h2-11H,1H3,(H,18,20)/b9-8+/t11-/m1/s1. The van der Waals surface area contributed by atoms with Crippen molar-refractivity contribution in [2.75, 3.05) is 5.32 Å². The summed E-state index contributed by atoms with van der Waals surface area (Å²) in [6.45, 7) is 1.52. The second-order valence-corrected chi connectivity index (χ2v) is 5.84. The van der Waals surface area contributed by atoms with Crippen LogP contribution in [0, 0.1) is 0 Å². The molecule has 114 valence electrons. The van der Waals surface area contributed by atoms with Crippen LogP contribution in [-0.2, 0) is 14.3 Å². The summed E-state index contributed by atoms with van der Waals surface area (Å²) < 4.78 is 5.05. The van der Waals surface area contributed by atoms with Crippen molar-refractivity contribution in [2.45, 2.75) is 13.0 Å². The highest BCUT2D eigenvalue weighted by atomic mass is 35.5. The Morgan fingerprint density at radius 3 is 2.64 bits per heavy atom. The molecule has 0 aliphatic rings. The van der Waals surface area contributed by atoms with Crippen LogP contribution in [0.1, 0.15) is 11.8 Å². The second kappa shape index (κ2) is 7.77. The minimum atomic E-state index is -0.892. The number of benzene rings is 1. The van der Waals surface area contributed by atoms with Crippen LogP contribution in [0.4, 0.5) is 5.69 Å². The number of carbonyl (C=O) groups excluding carboxylic acids is 2. The summed E-state index contributed by atoms with van der Waals surface area (Å²) in [6.07, 6.45) is 2.06. The van der Waals surface area contributed by atoms with Crippen LogP contribution in [0.2, 0.25) is 5.02 Å². The number of carbonyl (C=O) groups is 2. The number of ether oxygens (including phenoxy) is 1. The van der Waals surface area contributed by atoms with Gasteiger partial charge in [-0.3, -0.25) is 4.79 Å². The first-order valence-electron chi connectivity index (χ1n) is 6.53. The highest BCUT2D eigenvalue weighted by molar-refractivity contribution is 7.10. The molecule has 0 radical (unpaired) electrons. The third kappa shape index (κ3) is 5.02. The fourth-order valence-electron chi connectivity index (χ4n) is 1.58. The molecule has 0 saturated heterocycles. The minimum Gasteiger partial charge on any atom is -0.449 e. The number of nitrogens with one attached hydrogen (secondary N) is 1. The van der Waals surface area contributed by atoms with Crippen molar-refractivity contribution < 1.29 is 14.3 Å². The molecule has 1 atom stereocenters. The van der Waals surface area contributed by atoms with E-state index in [0.717, 1.165) is 4.88 Å². The van der Waals surface area contributed by atoms with Gasteiger partial charge >= 0.3 is 5.97 Å². The summed E-state index contributed by atoms with van der Waals surface area (Å²) in [5, 5.41) is 5.14. The summed E-state index contributed by atoms with van der Waals surface area (Å²) in [5.41, 5.74) is 0.589. The highest BCUT2D eigenvalue weighted by Gasteiger charge is 2.16. The fourth-order valence-corrected chi connectivity index (χ4v) is 2.32. The lowest BCUT2D eigenvalue weighted by Crippen LogP contribution is -2.29. The number of hydrogen-bond acceptors (Lipinski definition) is 4. The van der Waals surface area contributed by atoms with Crippen LogP contribution in [0.25, 0.3) is 6.08 Å². The van der Waals surface area contributed by atoms with Gasteiger partial charge in [-0.25, -0.2) is 4.79 Å². The lowest BCUT2D eigenvalue weighted by atomic mass is 10.3. The van der Waals surface area contributed by atoms with Crippen molar-refractivity contribution in [3.8, 4) is 0 Å². The smallest absolute Gasteiger partial charge is 0.331 e. The summed E-state index contributed by atoms with van der Waals surface area (Å²) in [6, 6.07) is 10.4. The second-order valence-electron chi connectivity index (χ2n) is 4.42. The summed E-state index contributed by atoms with van der Waals surface area (Å²) >= 11 is 7.28. The first kappa shape index (κ1) is 16.3. The van der Waals surface area contributed by atoms with Gasteiger partial charge in [0.25, 0.3) is 5.91 Å². The van der Waals surface area contributed by atoms with Crippen molar-refractivity contribution in [1.29, 1.82) is 0 Å². The largest absolute Gasteiger partial charge is 0.449 e. The van der Waals surface area contributed by atoms with Crippen molar-refractivity contribution >= 4 is 46.6 Å². The minimum absolute atomic E-state index is 0.403. The third-order valence-electron chi connectivity index (χ3n) is 2.70. The lowest BCUT2D eigenvalue weighted by molar-refractivity contribution is -0.148. The third-order valence-corrected chi connectivity index (χ3v) is 3.79. The maximum Gasteiger partial charge on any atom is 0.331 e. The first-order valence-corrected chi connectivity index (χ1v) is 7.79. The molecule has 0 unspecified atom stereocenters. The predicted octanol–water partition coefficient (Wildman–Crippen LogP) is 3.99. The molecule has 0 bridgehead atoms. The van der Waals surface area contributed by atoms with Crippen LogP contribution in [0.3, 0.4) is 0 Å². The van der Waals surface area contributed by atoms with E-state index in [4.69, 9.17) is 16.3 Å². The number of hydrogen-bond donors (Lipinski definition) is 1. The van der Waals surface area contributed by atoms with E-state index < -0.39 is 18.0 Å². The average Bonchev–Trinajstić information content (AvgIpc) is 3.01. The van der Waals surface area contributed by atoms with Gasteiger partial charge < -0.3 is 10.1 Å². The van der Waals surface area contributed by atoms with Crippen LogP contribution < -0.4 is 5.32 Å².